The van der Waals surface area contributed by atoms with Crippen molar-refractivity contribution >= 4 is 29.3 Å². The van der Waals surface area contributed by atoms with E-state index in [1.165, 1.54) is 7.05 Å². The van der Waals surface area contributed by atoms with Crippen LogP contribution in [0.1, 0.15) is 13.8 Å². The van der Waals surface area contributed by atoms with Crippen LogP contribution >= 0.6 is 23.2 Å². The molecule has 0 aromatic rings. The Bertz CT molecular complexity index is 214. The fourth-order valence-electron chi connectivity index (χ4n) is 1.30. The molecular weight excluding hydrogens is 213 g/mol. The Morgan fingerprint density at radius 3 is 2.31 bits per heavy atom. The zero-order valence-electron chi connectivity index (χ0n) is 7.86. The smallest absolute Gasteiger partial charge is 0.406 e. The first-order valence-corrected chi connectivity index (χ1v) is 4.82. The lowest BCUT2D eigenvalue weighted by molar-refractivity contribution is 0.139. The third kappa shape index (κ3) is 1.72. The lowest BCUT2D eigenvalue weighted by Gasteiger charge is -2.03. The van der Waals surface area contributed by atoms with E-state index in [0.29, 0.717) is 0 Å². The largest absolute Gasteiger partial charge is 0.449 e. The van der Waals surface area contributed by atoms with Gasteiger partial charge in [0.15, 0.2) is 0 Å². The van der Waals surface area contributed by atoms with E-state index in [-0.39, 0.29) is 17.9 Å². The average Bonchev–Trinajstić information content (AvgIpc) is 2.40. The highest BCUT2D eigenvalue weighted by atomic mass is 35.5. The number of carbonyl (C=O) groups excluding carboxylic acids is 1. The molecule has 0 aromatic heterocycles. The first-order valence-electron chi connectivity index (χ1n) is 4.06. The first kappa shape index (κ1) is 10.9. The summed E-state index contributed by atoms with van der Waals surface area (Å²) < 4.78 is 4.10. The van der Waals surface area contributed by atoms with Gasteiger partial charge in [-0.25, -0.2) is 4.79 Å². The van der Waals surface area contributed by atoms with Gasteiger partial charge in [-0.15, -0.1) is 23.2 Å². The van der Waals surface area contributed by atoms with Gasteiger partial charge in [-0.3, -0.25) is 0 Å². The highest BCUT2D eigenvalue weighted by Crippen LogP contribution is 2.68. The third-order valence-corrected chi connectivity index (χ3v) is 4.17. The van der Waals surface area contributed by atoms with Gasteiger partial charge in [0.1, 0.15) is 4.33 Å². The van der Waals surface area contributed by atoms with Crippen LogP contribution in [0.4, 0.5) is 4.79 Å². The van der Waals surface area contributed by atoms with E-state index in [0.717, 1.165) is 0 Å². The van der Waals surface area contributed by atoms with Gasteiger partial charge in [0.25, 0.3) is 0 Å². The minimum absolute atomic E-state index is 0.0145. The maximum atomic E-state index is 10.7. The molecule has 76 valence electrons. The fraction of sp³-hybridized carbons (Fsp3) is 0.875. The number of alkyl carbamates (subject to hydrolysis) is 1. The minimum atomic E-state index is -0.763. The maximum Gasteiger partial charge on any atom is 0.406 e. The molecule has 1 fully saturated rings. The van der Waals surface area contributed by atoms with Crippen molar-refractivity contribution < 1.29 is 9.53 Å². The Balaban J connectivity index is 2.38. The Labute approximate surface area is 87.7 Å². The summed E-state index contributed by atoms with van der Waals surface area (Å²) in [6, 6.07) is 0. The number of amides is 1. The van der Waals surface area contributed by atoms with E-state index < -0.39 is 10.4 Å². The van der Waals surface area contributed by atoms with Gasteiger partial charge in [-0.1, -0.05) is 13.8 Å². The average molecular weight is 226 g/mol. The molecule has 0 radical (unpaired) electrons. The van der Waals surface area contributed by atoms with Crippen LogP contribution in [0.5, 0.6) is 0 Å². The number of rotatable bonds is 2. The molecule has 1 aliphatic carbocycles. The Morgan fingerprint density at radius 1 is 1.54 bits per heavy atom. The zero-order chi connectivity index (χ0) is 10.3. The number of hydrogen-bond acceptors (Lipinski definition) is 2. The summed E-state index contributed by atoms with van der Waals surface area (Å²) in [5.41, 5.74) is -0.176. The van der Waals surface area contributed by atoms with Crippen molar-refractivity contribution in [2.75, 3.05) is 13.7 Å². The highest BCUT2D eigenvalue weighted by Gasteiger charge is 2.70. The summed E-state index contributed by atoms with van der Waals surface area (Å²) in [6.45, 7) is 4.16. The van der Waals surface area contributed by atoms with E-state index in [4.69, 9.17) is 27.9 Å². The van der Waals surface area contributed by atoms with Crippen LogP contribution in [0.25, 0.3) is 0 Å². The summed E-state index contributed by atoms with van der Waals surface area (Å²) in [4.78, 5) is 10.7. The van der Waals surface area contributed by atoms with Crippen LogP contribution in [0.2, 0.25) is 0 Å². The summed E-state index contributed by atoms with van der Waals surface area (Å²) in [7, 11) is 1.51. The van der Waals surface area contributed by atoms with Gasteiger partial charge < -0.3 is 10.1 Å². The molecule has 1 unspecified atom stereocenters. The van der Waals surface area contributed by atoms with E-state index in [9.17, 15) is 4.79 Å². The van der Waals surface area contributed by atoms with Crippen molar-refractivity contribution in [1.29, 1.82) is 0 Å². The predicted octanol–water partition coefficient (Wildman–Crippen LogP) is 2.17. The van der Waals surface area contributed by atoms with Gasteiger partial charge >= 0.3 is 6.09 Å². The second kappa shape index (κ2) is 3.21. The number of alkyl halides is 2. The van der Waals surface area contributed by atoms with Crippen molar-refractivity contribution in [3.8, 4) is 0 Å². The number of halogens is 2. The Kier molecular flexibility index (Phi) is 2.70. The van der Waals surface area contributed by atoms with Crippen molar-refractivity contribution in [2.45, 2.75) is 18.2 Å². The Morgan fingerprint density at radius 2 is 2.00 bits per heavy atom. The van der Waals surface area contributed by atoms with Gasteiger partial charge in [0, 0.05) is 18.4 Å². The van der Waals surface area contributed by atoms with E-state index in [1.807, 2.05) is 13.8 Å². The summed E-state index contributed by atoms with van der Waals surface area (Å²) in [5.74, 6) is 0.0145. The zero-order valence-corrected chi connectivity index (χ0v) is 9.37. The Hall–Kier alpha value is -0.150. The van der Waals surface area contributed by atoms with Crippen molar-refractivity contribution in [2.24, 2.45) is 11.3 Å². The maximum absolute atomic E-state index is 10.7. The van der Waals surface area contributed by atoms with Crippen LogP contribution in [-0.4, -0.2) is 24.1 Å². The van der Waals surface area contributed by atoms with E-state index in [1.54, 1.807) is 0 Å². The number of carbonyl (C=O) groups is 1. The predicted molar refractivity (Wildman–Crippen MR) is 52.1 cm³/mol. The molecule has 0 spiro atoms. The van der Waals surface area contributed by atoms with Crippen LogP contribution in [-0.2, 0) is 4.74 Å². The van der Waals surface area contributed by atoms with Crippen LogP contribution in [0.15, 0.2) is 0 Å². The molecule has 1 atom stereocenters. The van der Waals surface area contributed by atoms with E-state index in [2.05, 4.69) is 5.32 Å². The summed E-state index contributed by atoms with van der Waals surface area (Å²) in [6.07, 6.45) is -0.452. The molecule has 0 aromatic carbocycles. The molecular formula is C8H13Cl2NO2. The lowest BCUT2D eigenvalue weighted by atomic mass is 10.1. The van der Waals surface area contributed by atoms with Crippen molar-refractivity contribution in [1.82, 2.24) is 5.32 Å². The molecule has 0 saturated heterocycles. The number of ether oxygens (including phenoxy) is 1. The molecule has 3 nitrogen and oxygen atoms in total. The number of nitrogens with one attached hydrogen (secondary N) is 1. The number of hydrogen-bond donors (Lipinski definition) is 1. The standard InChI is InChI=1S/C8H13Cl2NO2/c1-7(2)5(8(7,9)10)4-13-6(12)11-3/h5H,4H2,1-3H3,(H,11,12). The molecule has 5 heteroatoms. The second-order valence-electron chi connectivity index (χ2n) is 3.75. The van der Waals surface area contributed by atoms with Gasteiger partial charge in [-0.2, -0.15) is 0 Å². The fourth-order valence-corrected chi connectivity index (χ4v) is 2.13. The topological polar surface area (TPSA) is 38.3 Å². The molecule has 1 rings (SSSR count). The molecule has 0 aliphatic heterocycles. The molecule has 1 aliphatic rings. The van der Waals surface area contributed by atoms with Crippen molar-refractivity contribution in [3.05, 3.63) is 0 Å². The lowest BCUT2D eigenvalue weighted by Crippen LogP contribution is -2.21. The van der Waals surface area contributed by atoms with Crippen LogP contribution < -0.4 is 5.32 Å². The normalized spacial score (nSPS) is 27.9. The van der Waals surface area contributed by atoms with Crippen LogP contribution in [0.3, 0.4) is 0 Å². The molecule has 1 saturated carbocycles. The van der Waals surface area contributed by atoms with Gasteiger partial charge in [0.05, 0.1) is 6.61 Å². The molecule has 0 bridgehead atoms. The summed E-state index contributed by atoms with van der Waals surface area (Å²) in [5, 5.41) is 2.36. The van der Waals surface area contributed by atoms with E-state index >= 15 is 0 Å². The quantitative estimate of drug-likeness (QED) is 0.733. The third-order valence-electron chi connectivity index (χ3n) is 2.67. The molecule has 1 amide bonds. The SMILES string of the molecule is CNC(=O)OCC1C(C)(C)C1(Cl)Cl. The molecule has 13 heavy (non-hydrogen) atoms. The second-order valence-corrected chi connectivity index (χ2v) is 5.13. The molecule has 0 heterocycles. The summed E-state index contributed by atoms with van der Waals surface area (Å²) >= 11 is 12.0. The van der Waals surface area contributed by atoms with Crippen LogP contribution in [0, 0.1) is 11.3 Å². The minimum Gasteiger partial charge on any atom is -0.449 e. The molecule has 1 N–H and O–H groups in total. The highest BCUT2D eigenvalue weighted by molar-refractivity contribution is 6.51. The van der Waals surface area contributed by atoms with Gasteiger partial charge in [0.2, 0.25) is 0 Å². The van der Waals surface area contributed by atoms with Gasteiger partial charge in [-0.05, 0) is 0 Å². The van der Waals surface area contributed by atoms with Crippen molar-refractivity contribution in [3.63, 3.8) is 0 Å². The monoisotopic (exact) mass is 225 g/mol. The first-order chi connectivity index (χ1) is 5.84.